The molecule has 0 radical (unpaired) electrons. The second kappa shape index (κ2) is 7.13. The largest absolute Gasteiger partial charge is 0.276 e. The van der Waals surface area contributed by atoms with Crippen molar-refractivity contribution in [2.75, 3.05) is 0 Å². The molecule has 0 aliphatic carbocycles. The predicted molar refractivity (Wildman–Crippen MR) is 99.5 cm³/mol. The molecule has 0 aliphatic rings. The van der Waals surface area contributed by atoms with E-state index in [4.69, 9.17) is 23.2 Å². The Morgan fingerprint density at radius 1 is 1.04 bits per heavy atom. The van der Waals surface area contributed by atoms with E-state index in [1.165, 1.54) is 6.21 Å². The molecule has 0 saturated heterocycles. The van der Waals surface area contributed by atoms with E-state index in [2.05, 4.69) is 30.7 Å². The summed E-state index contributed by atoms with van der Waals surface area (Å²) in [5.74, 6) is 0. The first-order valence-electron chi connectivity index (χ1n) is 7.21. The molecule has 0 unspecified atom stereocenters. The molecule has 24 heavy (non-hydrogen) atoms. The minimum Gasteiger partial charge on any atom is -0.200 e. The maximum absolute atomic E-state index is 12.3. The van der Waals surface area contributed by atoms with Gasteiger partial charge in [0.05, 0.1) is 21.2 Å². The Kier molecular flexibility index (Phi) is 5.58. The van der Waals surface area contributed by atoms with Crippen LogP contribution in [-0.4, -0.2) is 14.6 Å². The van der Waals surface area contributed by atoms with Gasteiger partial charge in [0.25, 0.3) is 10.0 Å². The minimum absolute atomic E-state index is 0.0444. The highest BCUT2D eigenvalue weighted by atomic mass is 35.5. The summed E-state index contributed by atoms with van der Waals surface area (Å²) in [7, 11) is -3.74. The third-order valence-corrected chi connectivity index (χ3v) is 5.46. The SMILES string of the molecule is CC(C)(C)c1ccc(S(=O)(=O)NN=Cc2cccc(Cl)c2Cl)cc1. The molecule has 4 nitrogen and oxygen atoms in total. The first kappa shape index (κ1) is 18.8. The van der Waals surface area contributed by atoms with Gasteiger partial charge in [-0.2, -0.15) is 13.5 Å². The lowest BCUT2D eigenvalue weighted by atomic mass is 9.87. The summed E-state index contributed by atoms with van der Waals surface area (Å²) in [6.07, 6.45) is 1.31. The van der Waals surface area contributed by atoms with Crippen LogP contribution in [0.2, 0.25) is 10.0 Å². The molecule has 2 rings (SSSR count). The summed E-state index contributed by atoms with van der Waals surface area (Å²) in [5, 5.41) is 4.45. The molecule has 1 N–H and O–H groups in total. The summed E-state index contributed by atoms with van der Waals surface area (Å²) in [6.45, 7) is 6.19. The molecule has 2 aromatic carbocycles. The Morgan fingerprint density at radius 2 is 1.67 bits per heavy atom. The lowest BCUT2D eigenvalue weighted by Gasteiger charge is -2.19. The number of rotatable bonds is 4. The highest BCUT2D eigenvalue weighted by Gasteiger charge is 2.17. The average molecular weight is 385 g/mol. The molecular weight excluding hydrogens is 367 g/mol. The zero-order valence-corrected chi connectivity index (χ0v) is 15.9. The van der Waals surface area contributed by atoms with Crippen LogP contribution in [0.25, 0.3) is 0 Å². The van der Waals surface area contributed by atoms with Gasteiger partial charge in [-0.1, -0.05) is 68.2 Å². The molecule has 0 spiro atoms. The van der Waals surface area contributed by atoms with Crippen molar-refractivity contribution in [2.24, 2.45) is 5.10 Å². The van der Waals surface area contributed by atoms with E-state index in [9.17, 15) is 8.42 Å². The van der Waals surface area contributed by atoms with Crippen molar-refractivity contribution in [3.05, 3.63) is 63.6 Å². The summed E-state index contributed by atoms with van der Waals surface area (Å²) < 4.78 is 24.5. The van der Waals surface area contributed by atoms with Crippen molar-refractivity contribution in [3.63, 3.8) is 0 Å². The maximum Gasteiger partial charge on any atom is 0.276 e. The predicted octanol–water partition coefficient (Wildman–Crippen LogP) is 4.60. The highest BCUT2D eigenvalue weighted by molar-refractivity contribution is 7.89. The Labute approximate surface area is 152 Å². The zero-order chi connectivity index (χ0) is 18.0. The minimum atomic E-state index is -3.74. The molecule has 7 heteroatoms. The molecule has 0 aliphatic heterocycles. The van der Waals surface area contributed by atoms with E-state index in [0.717, 1.165) is 5.56 Å². The fraction of sp³-hybridized carbons (Fsp3) is 0.235. The molecule has 128 valence electrons. The number of sulfonamides is 1. The summed E-state index contributed by atoms with van der Waals surface area (Å²) in [5.41, 5.74) is 1.53. The van der Waals surface area contributed by atoms with Crippen molar-refractivity contribution in [3.8, 4) is 0 Å². The van der Waals surface area contributed by atoms with Crippen LogP contribution in [-0.2, 0) is 15.4 Å². The number of hydrazone groups is 1. The Morgan fingerprint density at radius 3 is 2.25 bits per heavy atom. The fourth-order valence-electron chi connectivity index (χ4n) is 1.97. The number of nitrogens with one attached hydrogen (secondary N) is 1. The fourth-order valence-corrected chi connectivity index (χ4v) is 3.12. The highest BCUT2D eigenvalue weighted by Crippen LogP contribution is 2.25. The van der Waals surface area contributed by atoms with Crippen LogP contribution in [0.1, 0.15) is 31.9 Å². The van der Waals surface area contributed by atoms with Crippen LogP contribution in [0.5, 0.6) is 0 Å². The molecule has 0 saturated carbocycles. The Balaban J connectivity index is 2.17. The van der Waals surface area contributed by atoms with E-state index >= 15 is 0 Å². The topological polar surface area (TPSA) is 58.5 Å². The van der Waals surface area contributed by atoms with E-state index in [0.29, 0.717) is 15.6 Å². The summed E-state index contributed by atoms with van der Waals surface area (Å²) in [4.78, 5) is 2.31. The van der Waals surface area contributed by atoms with E-state index in [1.54, 1.807) is 42.5 Å². The van der Waals surface area contributed by atoms with Gasteiger partial charge in [0.15, 0.2) is 0 Å². The van der Waals surface area contributed by atoms with E-state index in [1.807, 2.05) is 0 Å². The van der Waals surface area contributed by atoms with Gasteiger partial charge >= 0.3 is 0 Å². The molecule has 0 aromatic heterocycles. The molecule has 0 amide bonds. The Hall–Kier alpha value is -1.56. The molecule has 0 fully saturated rings. The first-order chi connectivity index (χ1) is 11.1. The second-order valence-corrected chi connectivity index (χ2v) is 8.72. The van der Waals surface area contributed by atoms with E-state index in [-0.39, 0.29) is 10.3 Å². The maximum atomic E-state index is 12.3. The average Bonchev–Trinajstić information content (AvgIpc) is 2.51. The first-order valence-corrected chi connectivity index (χ1v) is 9.44. The molecule has 0 heterocycles. The standard InChI is InChI=1S/C17H18Cl2N2O2S/c1-17(2,3)13-7-9-14(10-8-13)24(22,23)21-20-11-12-5-4-6-15(18)16(12)19/h4-11,21H,1-3H3. The summed E-state index contributed by atoms with van der Waals surface area (Å²) >= 11 is 11.9. The van der Waals surface area contributed by atoms with Crippen molar-refractivity contribution >= 4 is 39.4 Å². The monoisotopic (exact) mass is 384 g/mol. The quantitative estimate of drug-likeness (QED) is 0.618. The number of hydrogen-bond donors (Lipinski definition) is 1. The number of benzene rings is 2. The molecule has 0 bridgehead atoms. The second-order valence-electron chi connectivity index (χ2n) is 6.27. The Bertz CT molecular complexity index is 855. The normalized spacial score (nSPS) is 12.5. The van der Waals surface area contributed by atoms with Crippen LogP contribution >= 0.6 is 23.2 Å². The van der Waals surface area contributed by atoms with Gasteiger partial charge in [-0.3, -0.25) is 0 Å². The van der Waals surface area contributed by atoms with Crippen LogP contribution in [0, 0.1) is 0 Å². The number of nitrogens with zero attached hydrogens (tertiary/aromatic N) is 1. The van der Waals surface area contributed by atoms with E-state index < -0.39 is 10.0 Å². The number of halogens is 2. The van der Waals surface area contributed by atoms with Gasteiger partial charge in [-0.15, -0.1) is 0 Å². The van der Waals surface area contributed by atoms with Crippen molar-refractivity contribution < 1.29 is 8.42 Å². The summed E-state index contributed by atoms with van der Waals surface area (Å²) in [6, 6.07) is 11.7. The van der Waals surface area contributed by atoms with Gasteiger partial charge in [0.1, 0.15) is 0 Å². The van der Waals surface area contributed by atoms with Crippen LogP contribution in [0.3, 0.4) is 0 Å². The van der Waals surface area contributed by atoms with Crippen LogP contribution in [0.15, 0.2) is 52.5 Å². The third kappa shape index (κ3) is 4.50. The van der Waals surface area contributed by atoms with Crippen molar-refractivity contribution in [1.29, 1.82) is 0 Å². The van der Waals surface area contributed by atoms with Gasteiger partial charge < -0.3 is 0 Å². The zero-order valence-electron chi connectivity index (χ0n) is 13.5. The lowest BCUT2D eigenvalue weighted by Crippen LogP contribution is -2.19. The van der Waals surface area contributed by atoms with Gasteiger partial charge in [0, 0.05) is 5.56 Å². The smallest absolute Gasteiger partial charge is 0.200 e. The molecular formula is C17H18Cl2N2O2S. The number of hydrogen-bond acceptors (Lipinski definition) is 3. The van der Waals surface area contributed by atoms with Crippen LogP contribution < -0.4 is 4.83 Å². The van der Waals surface area contributed by atoms with Crippen LogP contribution in [0.4, 0.5) is 0 Å². The van der Waals surface area contributed by atoms with Crippen molar-refractivity contribution in [1.82, 2.24) is 4.83 Å². The van der Waals surface area contributed by atoms with Gasteiger partial charge in [-0.05, 0) is 29.2 Å². The third-order valence-electron chi connectivity index (χ3n) is 3.39. The van der Waals surface area contributed by atoms with Gasteiger partial charge in [-0.25, -0.2) is 4.83 Å². The molecule has 0 atom stereocenters. The molecule has 2 aromatic rings. The lowest BCUT2D eigenvalue weighted by molar-refractivity contribution is 0.580. The van der Waals surface area contributed by atoms with Gasteiger partial charge in [0.2, 0.25) is 0 Å². The van der Waals surface area contributed by atoms with Crippen molar-refractivity contribution in [2.45, 2.75) is 31.1 Å².